The molecule has 164 valence electrons. The zero-order valence-corrected chi connectivity index (χ0v) is 18.0. The molecule has 0 N–H and O–H groups in total. The van der Waals surface area contributed by atoms with Crippen molar-refractivity contribution in [3.63, 3.8) is 0 Å². The van der Waals surface area contributed by atoms with Crippen LogP contribution in [-0.4, -0.2) is 49.4 Å². The highest BCUT2D eigenvalue weighted by Crippen LogP contribution is 2.47. The lowest BCUT2D eigenvalue weighted by Gasteiger charge is -2.57. The minimum Gasteiger partial charge on any atom is -0.475 e. The molecule has 5 heterocycles. The van der Waals surface area contributed by atoms with E-state index in [0.29, 0.717) is 35.5 Å². The Hall–Kier alpha value is -3.42. The fourth-order valence-corrected chi connectivity index (χ4v) is 4.75. The first-order chi connectivity index (χ1) is 15.5. The summed E-state index contributed by atoms with van der Waals surface area (Å²) in [5.74, 6) is 1.11. The number of carbonyl (C=O) groups excluding carboxylic acids is 1. The molecule has 2 bridgehead atoms. The Balaban J connectivity index is 1.46. The first-order valence-corrected chi connectivity index (χ1v) is 10.8. The minimum absolute atomic E-state index is 0.126. The van der Waals surface area contributed by atoms with Crippen LogP contribution in [0.2, 0.25) is 0 Å². The average molecular weight is 433 g/mol. The number of carbonyl (C=O) groups is 1. The van der Waals surface area contributed by atoms with Crippen LogP contribution in [0.4, 0.5) is 4.39 Å². The number of ether oxygens (including phenoxy) is 1. The Kier molecular flexibility index (Phi) is 5.28. The van der Waals surface area contributed by atoms with Crippen LogP contribution in [0.15, 0.2) is 48.9 Å². The minimum atomic E-state index is -0.414. The van der Waals surface area contributed by atoms with Gasteiger partial charge in [-0.15, -0.1) is 0 Å². The Morgan fingerprint density at radius 3 is 2.66 bits per heavy atom. The summed E-state index contributed by atoms with van der Waals surface area (Å²) in [5, 5.41) is 0. The Morgan fingerprint density at radius 2 is 1.94 bits per heavy atom. The van der Waals surface area contributed by atoms with E-state index in [1.54, 1.807) is 18.5 Å². The summed E-state index contributed by atoms with van der Waals surface area (Å²) in [6.07, 6.45) is 6.41. The van der Waals surface area contributed by atoms with Crippen molar-refractivity contribution in [1.82, 2.24) is 24.8 Å². The van der Waals surface area contributed by atoms with Crippen LogP contribution in [0, 0.1) is 24.6 Å². The molecule has 32 heavy (non-hydrogen) atoms. The molecule has 8 heteroatoms. The van der Waals surface area contributed by atoms with Gasteiger partial charge < -0.3 is 9.64 Å². The van der Waals surface area contributed by atoms with Crippen LogP contribution in [0.1, 0.15) is 35.9 Å². The van der Waals surface area contributed by atoms with E-state index in [4.69, 9.17) is 4.74 Å². The summed E-state index contributed by atoms with van der Waals surface area (Å²) in [5.41, 5.74) is 1.74. The summed E-state index contributed by atoms with van der Waals surface area (Å²) < 4.78 is 19.1. The SMILES string of the molecule is Cc1ccc(-c2ncccn2)c(C(=O)N2C3CC(C3)[C@H](C)[C@@H]2COc2ccc(F)cn2)n1. The Bertz CT molecular complexity index is 1120. The third-order valence-electron chi connectivity index (χ3n) is 6.63. The molecule has 1 amide bonds. The molecular weight excluding hydrogens is 409 g/mol. The van der Waals surface area contributed by atoms with Gasteiger partial charge in [0.05, 0.1) is 17.8 Å². The molecule has 1 aliphatic carbocycles. The van der Waals surface area contributed by atoms with Crippen molar-refractivity contribution in [1.29, 1.82) is 0 Å². The molecule has 1 saturated carbocycles. The summed E-state index contributed by atoms with van der Waals surface area (Å²) in [6.45, 7) is 4.32. The first-order valence-electron chi connectivity index (χ1n) is 10.8. The highest BCUT2D eigenvalue weighted by atomic mass is 19.1. The number of aromatic nitrogens is 4. The zero-order valence-electron chi connectivity index (χ0n) is 18.0. The predicted octanol–water partition coefficient (Wildman–Crippen LogP) is 3.70. The van der Waals surface area contributed by atoms with Crippen LogP contribution in [-0.2, 0) is 0 Å². The van der Waals surface area contributed by atoms with Gasteiger partial charge in [0.25, 0.3) is 5.91 Å². The number of fused-ring (bicyclic) bond motifs is 2. The topological polar surface area (TPSA) is 81.1 Å². The molecular formula is C24H24FN5O2. The van der Waals surface area contributed by atoms with Crippen molar-refractivity contribution in [2.75, 3.05) is 6.61 Å². The lowest BCUT2D eigenvalue weighted by molar-refractivity contribution is -0.0676. The van der Waals surface area contributed by atoms with E-state index >= 15 is 0 Å². The first kappa shape index (κ1) is 20.5. The maximum absolute atomic E-state index is 13.9. The number of pyridine rings is 2. The average Bonchev–Trinajstić information content (AvgIpc) is 2.78. The predicted molar refractivity (Wildman–Crippen MR) is 115 cm³/mol. The van der Waals surface area contributed by atoms with Gasteiger partial charge in [-0.3, -0.25) is 4.79 Å². The largest absolute Gasteiger partial charge is 0.475 e. The van der Waals surface area contributed by atoms with Gasteiger partial charge in [-0.1, -0.05) is 6.92 Å². The molecule has 3 aliphatic rings. The van der Waals surface area contributed by atoms with Gasteiger partial charge in [0.2, 0.25) is 5.88 Å². The number of halogens is 1. The van der Waals surface area contributed by atoms with E-state index in [2.05, 4.69) is 26.9 Å². The van der Waals surface area contributed by atoms with Gasteiger partial charge in [0, 0.05) is 30.2 Å². The standard InChI is InChI=1S/C24H24FN5O2/c1-14-4-6-19(23-26-8-3-9-27-23)22(29-14)24(31)30-18-10-16(11-18)15(2)20(30)13-32-21-7-5-17(25)12-28-21/h3-9,12,15-16,18,20H,10-11,13H2,1-2H3/t15-,16?,18?,20-/m0/s1. The van der Waals surface area contributed by atoms with Gasteiger partial charge in [0.15, 0.2) is 5.82 Å². The van der Waals surface area contributed by atoms with E-state index in [-0.39, 0.29) is 23.9 Å². The second-order valence-corrected chi connectivity index (χ2v) is 8.57. The van der Waals surface area contributed by atoms with Gasteiger partial charge in [-0.2, -0.15) is 0 Å². The van der Waals surface area contributed by atoms with Crippen molar-refractivity contribution in [2.45, 2.75) is 38.8 Å². The number of amides is 1. The van der Waals surface area contributed by atoms with E-state index in [9.17, 15) is 9.18 Å². The smallest absolute Gasteiger partial charge is 0.273 e. The fourth-order valence-electron chi connectivity index (χ4n) is 4.75. The maximum Gasteiger partial charge on any atom is 0.273 e. The monoisotopic (exact) mass is 433 g/mol. The second-order valence-electron chi connectivity index (χ2n) is 8.57. The summed E-state index contributed by atoms with van der Waals surface area (Å²) in [7, 11) is 0. The third kappa shape index (κ3) is 3.70. The number of hydrogen-bond donors (Lipinski definition) is 0. The molecule has 2 saturated heterocycles. The molecule has 0 radical (unpaired) electrons. The summed E-state index contributed by atoms with van der Waals surface area (Å²) >= 11 is 0. The van der Waals surface area contributed by atoms with E-state index in [1.807, 2.05) is 24.0 Å². The molecule has 0 aromatic carbocycles. The van der Waals surface area contributed by atoms with Gasteiger partial charge in [-0.25, -0.2) is 24.3 Å². The second kappa shape index (κ2) is 8.26. The Labute approximate surface area is 185 Å². The molecule has 3 fully saturated rings. The Morgan fingerprint density at radius 1 is 1.16 bits per heavy atom. The molecule has 0 unspecified atom stereocenters. The van der Waals surface area contributed by atoms with E-state index < -0.39 is 5.82 Å². The summed E-state index contributed by atoms with van der Waals surface area (Å²) in [6, 6.07) is 8.31. The number of piperidine rings is 2. The third-order valence-corrected chi connectivity index (χ3v) is 6.63. The number of nitrogens with zero attached hydrogens (tertiary/aromatic N) is 5. The van der Waals surface area contributed by atoms with Crippen molar-refractivity contribution >= 4 is 5.91 Å². The lowest BCUT2D eigenvalue weighted by Crippen LogP contribution is -2.64. The van der Waals surface area contributed by atoms with Gasteiger partial charge in [-0.05, 0) is 55.9 Å². The summed E-state index contributed by atoms with van der Waals surface area (Å²) in [4.78, 5) is 33.0. The molecule has 2 aliphatic heterocycles. The normalized spacial score (nSPS) is 24.0. The molecule has 3 aromatic rings. The van der Waals surface area contributed by atoms with Crippen LogP contribution >= 0.6 is 0 Å². The maximum atomic E-state index is 13.9. The molecule has 0 spiro atoms. The fraction of sp³-hybridized carbons (Fsp3) is 0.375. The van der Waals surface area contributed by atoms with Crippen LogP contribution in [0.5, 0.6) is 5.88 Å². The van der Waals surface area contributed by atoms with Crippen LogP contribution in [0.25, 0.3) is 11.4 Å². The molecule has 3 aromatic heterocycles. The molecule has 6 rings (SSSR count). The van der Waals surface area contributed by atoms with Crippen molar-refractivity contribution in [2.24, 2.45) is 11.8 Å². The van der Waals surface area contributed by atoms with Crippen LogP contribution in [0.3, 0.4) is 0 Å². The quantitative estimate of drug-likeness (QED) is 0.610. The van der Waals surface area contributed by atoms with Gasteiger partial charge >= 0.3 is 0 Å². The van der Waals surface area contributed by atoms with Crippen molar-refractivity contribution in [3.8, 4) is 17.3 Å². The highest BCUT2D eigenvalue weighted by Gasteiger charge is 2.51. The highest BCUT2D eigenvalue weighted by molar-refractivity contribution is 5.98. The van der Waals surface area contributed by atoms with Crippen molar-refractivity contribution in [3.05, 3.63) is 66.1 Å². The zero-order chi connectivity index (χ0) is 22.2. The number of rotatable bonds is 5. The lowest BCUT2D eigenvalue weighted by atomic mass is 9.64. The van der Waals surface area contributed by atoms with E-state index in [0.717, 1.165) is 24.7 Å². The number of aryl methyl sites for hydroxylation is 1. The van der Waals surface area contributed by atoms with Gasteiger partial charge in [0.1, 0.15) is 18.1 Å². The van der Waals surface area contributed by atoms with Crippen LogP contribution < -0.4 is 4.74 Å². The van der Waals surface area contributed by atoms with E-state index in [1.165, 1.54) is 12.1 Å². The molecule has 2 atom stereocenters. The molecule has 7 nitrogen and oxygen atoms in total. The van der Waals surface area contributed by atoms with Crippen molar-refractivity contribution < 1.29 is 13.9 Å². The number of hydrogen-bond acceptors (Lipinski definition) is 6.